The van der Waals surface area contributed by atoms with E-state index in [9.17, 15) is 10.1 Å². The Morgan fingerprint density at radius 2 is 1.96 bits per heavy atom. The summed E-state index contributed by atoms with van der Waals surface area (Å²) < 4.78 is 11.3. The van der Waals surface area contributed by atoms with Crippen LogP contribution < -0.4 is 19.7 Å². The molecule has 1 aliphatic rings. The molecule has 1 atom stereocenters. The van der Waals surface area contributed by atoms with Crippen molar-refractivity contribution in [3.05, 3.63) is 45.0 Å². The summed E-state index contributed by atoms with van der Waals surface area (Å²) in [5.74, 6) is 2.17. The Kier molecular flexibility index (Phi) is 6.00. The van der Waals surface area contributed by atoms with E-state index >= 15 is 0 Å². The molecule has 1 unspecified atom stereocenters. The molecule has 0 bridgehead atoms. The van der Waals surface area contributed by atoms with E-state index in [1.165, 1.54) is 12.3 Å². The van der Waals surface area contributed by atoms with Gasteiger partial charge >= 0.3 is 0 Å². The maximum Gasteiger partial charge on any atom is 0.288 e. The second kappa shape index (κ2) is 8.43. The van der Waals surface area contributed by atoms with Gasteiger partial charge in [-0.25, -0.2) is 4.98 Å². The molecule has 0 spiro atoms. The average Bonchev–Trinajstić information content (AvgIpc) is 2.67. The molecule has 1 aliphatic heterocycles. The van der Waals surface area contributed by atoms with Crippen LogP contribution in [0.5, 0.6) is 11.5 Å². The van der Waals surface area contributed by atoms with E-state index in [4.69, 9.17) is 9.47 Å². The monoisotopic (exact) mass is 436 g/mol. The van der Waals surface area contributed by atoms with Gasteiger partial charge in [-0.2, -0.15) is 0 Å². The fourth-order valence-electron chi connectivity index (χ4n) is 3.17. The summed E-state index contributed by atoms with van der Waals surface area (Å²) in [6, 6.07) is 7.39. The topological polar surface area (TPSA) is 89.8 Å². The van der Waals surface area contributed by atoms with E-state index in [2.05, 4.69) is 31.1 Å². The van der Waals surface area contributed by atoms with Crippen LogP contribution in [-0.4, -0.2) is 43.3 Å². The fraction of sp³-hybridized carbons (Fsp3) is 0.389. The predicted molar refractivity (Wildman–Crippen MR) is 107 cm³/mol. The molecule has 3 rings (SSSR count). The Hall–Kier alpha value is -2.55. The smallest absolute Gasteiger partial charge is 0.288 e. The molecule has 9 heteroatoms. The number of nitro groups is 1. The summed E-state index contributed by atoms with van der Waals surface area (Å²) in [6.45, 7) is 1.59. The lowest BCUT2D eigenvalue weighted by Crippen LogP contribution is -2.42. The first-order valence-electron chi connectivity index (χ1n) is 8.54. The van der Waals surface area contributed by atoms with Gasteiger partial charge in [-0.1, -0.05) is 0 Å². The van der Waals surface area contributed by atoms with Crippen molar-refractivity contribution in [2.24, 2.45) is 0 Å². The molecule has 1 saturated heterocycles. The number of aromatic nitrogens is 1. The van der Waals surface area contributed by atoms with Crippen molar-refractivity contribution in [3.63, 3.8) is 0 Å². The Morgan fingerprint density at radius 3 is 2.56 bits per heavy atom. The van der Waals surface area contributed by atoms with Crippen molar-refractivity contribution in [1.29, 1.82) is 0 Å². The lowest BCUT2D eigenvalue weighted by Gasteiger charge is -2.35. The number of ether oxygens (including phenoxy) is 2. The molecule has 0 radical (unpaired) electrons. The molecule has 27 heavy (non-hydrogen) atoms. The van der Waals surface area contributed by atoms with Crippen molar-refractivity contribution < 1.29 is 14.4 Å². The molecule has 1 aromatic carbocycles. The molecule has 144 valence electrons. The Bertz CT molecular complexity index is 811. The minimum Gasteiger partial charge on any atom is -0.497 e. The maximum absolute atomic E-state index is 10.9. The molecule has 1 aromatic heterocycles. The zero-order valence-corrected chi connectivity index (χ0v) is 16.7. The molecule has 0 saturated carbocycles. The van der Waals surface area contributed by atoms with Crippen LogP contribution in [0.1, 0.15) is 12.8 Å². The number of piperidine rings is 1. The number of anilines is 2. The van der Waals surface area contributed by atoms with Crippen LogP contribution in [0.3, 0.4) is 0 Å². The Balaban J connectivity index is 1.74. The Morgan fingerprint density at radius 1 is 1.26 bits per heavy atom. The van der Waals surface area contributed by atoms with Gasteiger partial charge in [0.25, 0.3) is 5.69 Å². The minimum atomic E-state index is -0.446. The standard InChI is InChI=1S/C18H21BrN4O4/c1-26-15-6-13(7-16(9-15)27-2)21-12-4-3-5-22(11-12)18-17(19)8-14(10-20-18)23(24)25/h6-10,12,21H,3-5,11H2,1-2H3. The van der Waals surface area contributed by atoms with Crippen LogP contribution in [0, 0.1) is 10.1 Å². The third kappa shape index (κ3) is 4.60. The van der Waals surface area contributed by atoms with Gasteiger partial charge in [0, 0.05) is 49.1 Å². The number of halogens is 1. The first kappa shape index (κ1) is 19.2. The molecule has 0 aliphatic carbocycles. The number of benzene rings is 1. The minimum absolute atomic E-state index is 0.0271. The van der Waals surface area contributed by atoms with Crippen LogP contribution in [0.15, 0.2) is 34.9 Å². The molecule has 0 amide bonds. The van der Waals surface area contributed by atoms with E-state index in [0.717, 1.165) is 48.9 Å². The van der Waals surface area contributed by atoms with Gasteiger partial charge in [-0.15, -0.1) is 0 Å². The van der Waals surface area contributed by atoms with Gasteiger partial charge in [0.15, 0.2) is 0 Å². The van der Waals surface area contributed by atoms with Crippen LogP contribution in [0.2, 0.25) is 0 Å². The molecule has 1 N–H and O–H groups in total. The largest absolute Gasteiger partial charge is 0.497 e. The predicted octanol–water partition coefficient (Wildman–Crippen LogP) is 3.85. The summed E-state index contributed by atoms with van der Waals surface area (Å²) >= 11 is 3.41. The zero-order valence-electron chi connectivity index (χ0n) is 15.1. The second-order valence-electron chi connectivity index (χ2n) is 6.29. The lowest BCUT2D eigenvalue weighted by molar-refractivity contribution is -0.385. The van der Waals surface area contributed by atoms with Gasteiger partial charge in [0.2, 0.25) is 0 Å². The highest BCUT2D eigenvalue weighted by Gasteiger charge is 2.24. The summed E-state index contributed by atoms with van der Waals surface area (Å²) in [5.41, 5.74) is 0.898. The van der Waals surface area contributed by atoms with Gasteiger partial charge < -0.3 is 19.7 Å². The number of nitrogens with one attached hydrogen (secondary N) is 1. The van der Waals surface area contributed by atoms with Gasteiger partial charge in [-0.3, -0.25) is 10.1 Å². The normalized spacial score (nSPS) is 16.7. The number of nitrogens with zero attached hydrogens (tertiary/aromatic N) is 3. The lowest BCUT2D eigenvalue weighted by atomic mass is 10.1. The first-order valence-corrected chi connectivity index (χ1v) is 9.34. The van der Waals surface area contributed by atoms with Crippen molar-refractivity contribution in [2.45, 2.75) is 18.9 Å². The number of hydrogen-bond donors (Lipinski definition) is 1. The van der Waals surface area contributed by atoms with E-state index in [1.54, 1.807) is 14.2 Å². The van der Waals surface area contributed by atoms with Gasteiger partial charge in [0.1, 0.15) is 23.5 Å². The highest BCUT2D eigenvalue weighted by atomic mass is 79.9. The molecular weight excluding hydrogens is 416 g/mol. The van der Waals surface area contributed by atoms with Crippen molar-refractivity contribution in [1.82, 2.24) is 4.98 Å². The third-order valence-corrected chi connectivity index (χ3v) is 5.04. The summed E-state index contributed by atoms with van der Waals surface area (Å²) in [5, 5.41) is 14.4. The summed E-state index contributed by atoms with van der Waals surface area (Å²) in [4.78, 5) is 16.9. The van der Waals surface area contributed by atoms with Crippen LogP contribution in [0.4, 0.5) is 17.2 Å². The van der Waals surface area contributed by atoms with E-state index in [1.807, 2.05) is 18.2 Å². The Labute approximate surface area is 165 Å². The number of hydrogen-bond acceptors (Lipinski definition) is 7. The quantitative estimate of drug-likeness (QED) is 0.542. The number of rotatable bonds is 6. The van der Waals surface area contributed by atoms with Crippen molar-refractivity contribution in [3.8, 4) is 11.5 Å². The second-order valence-corrected chi connectivity index (χ2v) is 7.14. The first-order chi connectivity index (χ1) is 13.0. The average molecular weight is 437 g/mol. The SMILES string of the molecule is COc1cc(NC2CCCN(c3ncc([N+](=O)[O-])cc3Br)C2)cc(OC)c1. The number of pyridine rings is 1. The van der Waals surface area contributed by atoms with Crippen LogP contribution >= 0.6 is 15.9 Å². The fourth-order valence-corrected chi connectivity index (χ4v) is 3.75. The molecule has 2 heterocycles. The third-order valence-electron chi connectivity index (χ3n) is 4.46. The van der Waals surface area contributed by atoms with Gasteiger partial charge in [-0.05, 0) is 28.8 Å². The molecule has 8 nitrogen and oxygen atoms in total. The van der Waals surface area contributed by atoms with Crippen LogP contribution in [-0.2, 0) is 0 Å². The van der Waals surface area contributed by atoms with Gasteiger partial charge in [0.05, 0.1) is 23.6 Å². The maximum atomic E-state index is 10.9. The molecule has 1 fully saturated rings. The summed E-state index contributed by atoms with van der Waals surface area (Å²) in [6.07, 6.45) is 3.30. The number of methoxy groups -OCH3 is 2. The van der Waals surface area contributed by atoms with E-state index < -0.39 is 4.92 Å². The van der Waals surface area contributed by atoms with Crippen molar-refractivity contribution >= 4 is 33.1 Å². The highest BCUT2D eigenvalue weighted by Crippen LogP contribution is 2.31. The van der Waals surface area contributed by atoms with Crippen LogP contribution in [0.25, 0.3) is 0 Å². The molecular formula is C18H21BrN4O4. The highest BCUT2D eigenvalue weighted by molar-refractivity contribution is 9.10. The summed E-state index contributed by atoms with van der Waals surface area (Å²) in [7, 11) is 3.25. The van der Waals surface area contributed by atoms with Crippen molar-refractivity contribution in [2.75, 3.05) is 37.5 Å². The molecule has 2 aromatic rings. The van der Waals surface area contributed by atoms with E-state index in [-0.39, 0.29) is 11.7 Å². The van der Waals surface area contributed by atoms with E-state index in [0.29, 0.717) is 4.47 Å². The zero-order chi connectivity index (χ0) is 19.4.